The van der Waals surface area contributed by atoms with Crippen molar-refractivity contribution in [2.45, 2.75) is 212 Å². The van der Waals surface area contributed by atoms with Gasteiger partial charge in [0.2, 0.25) is 11.8 Å². The minimum Gasteiger partial charge on any atom is -0.460 e. The van der Waals surface area contributed by atoms with E-state index in [1.807, 2.05) is 48.5 Å². The average Bonchev–Trinajstić information content (AvgIpc) is 3.93. The fourth-order valence-electron chi connectivity index (χ4n) is 8.49. The number of hydrogen-bond donors (Lipinski definition) is 1. The van der Waals surface area contributed by atoms with Gasteiger partial charge in [0.05, 0.1) is 24.3 Å². The van der Waals surface area contributed by atoms with Crippen molar-refractivity contribution < 1.29 is 45.4 Å². The molecule has 2 fully saturated rings. The molecule has 3 aromatic rings. The van der Waals surface area contributed by atoms with Gasteiger partial charge in [-0.2, -0.15) is 18.4 Å². The van der Waals surface area contributed by atoms with Crippen LogP contribution in [0.25, 0.3) is 0 Å². The highest BCUT2D eigenvalue weighted by Gasteiger charge is 2.29. The van der Waals surface area contributed by atoms with Gasteiger partial charge in [-0.25, -0.2) is 0 Å². The summed E-state index contributed by atoms with van der Waals surface area (Å²) in [5.41, 5.74) is -0.121. The summed E-state index contributed by atoms with van der Waals surface area (Å²) in [7, 11) is -2.25. The van der Waals surface area contributed by atoms with Gasteiger partial charge in [0.25, 0.3) is 10.1 Å². The molecule has 65 heavy (non-hydrogen) atoms. The largest absolute Gasteiger partial charge is 0.460 e. The Hall–Kier alpha value is -3.73. The molecule has 15 nitrogen and oxygen atoms in total. The fraction of sp³-hybridized carbons (Fsp3) is 0.755. The first-order chi connectivity index (χ1) is 30.9. The SMILES string of the molecule is COCCCNCc1noc([C@H](CCCC2CCCCC2)CC(=O)OC(C)(C)C)n1.Cc1ccc(S(=O)(=O)OCc2noc([C@H](CCCC3CCCCC3)CC(=O)OC(C)(C)C)n2)cc1. The van der Waals surface area contributed by atoms with Crippen molar-refractivity contribution in [2.24, 2.45) is 11.8 Å². The van der Waals surface area contributed by atoms with E-state index in [1.165, 1.54) is 82.8 Å². The van der Waals surface area contributed by atoms with E-state index in [1.54, 1.807) is 19.2 Å². The Kier molecular flexibility index (Phi) is 22.5. The smallest absolute Gasteiger partial charge is 0.307 e. The number of methoxy groups -OCH3 is 1. The highest BCUT2D eigenvalue weighted by molar-refractivity contribution is 7.86. The quantitative estimate of drug-likeness (QED) is 0.0506. The number of nitrogens with zero attached hydrogens (tertiary/aromatic N) is 4. The molecule has 0 unspecified atom stereocenters. The molecule has 16 heteroatoms. The van der Waals surface area contributed by atoms with E-state index < -0.39 is 21.3 Å². The maximum absolute atomic E-state index is 12.5. The van der Waals surface area contributed by atoms with Gasteiger partial charge >= 0.3 is 11.9 Å². The summed E-state index contributed by atoms with van der Waals surface area (Å²) in [6.45, 7) is 14.8. The third kappa shape index (κ3) is 21.6. The molecule has 0 radical (unpaired) electrons. The molecular formula is C49H79N5O10S. The molecule has 0 bridgehead atoms. The number of benzene rings is 1. The first-order valence-corrected chi connectivity index (χ1v) is 25.5. The molecule has 0 spiro atoms. The number of carbonyl (C=O) groups is 2. The number of ether oxygens (including phenoxy) is 3. The number of aromatic nitrogens is 4. The van der Waals surface area contributed by atoms with Gasteiger partial charge < -0.3 is 28.6 Å². The highest BCUT2D eigenvalue weighted by atomic mass is 32.2. The number of carbonyl (C=O) groups excluding carboxylic acids is 2. The van der Waals surface area contributed by atoms with Crippen molar-refractivity contribution in [2.75, 3.05) is 20.3 Å². The Labute approximate surface area is 388 Å². The standard InChI is InChI=1S/C26H38N2O6S.C23H41N3O4/c1-19-13-15-22(16-14-19)35(30,31)32-18-23-27-25(34-28-23)21(17-24(29)33-26(2,3)4)12-8-11-20-9-6-5-7-10-20;1-23(2,3)29-21(27)16-19(13-8-12-18-10-6-5-7-11-18)22-25-20(26-30-22)17-24-14-9-15-28-4/h13-16,20-21H,5-12,17-18H2,1-4H3;18-19,24H,5-17H2,1-4H3/t21-;19-/m11/s1. The predicted octanol–water partition coefficient (Wildman–Crippen LogP) is 10.6. The lowest BCUT2D eigenvalue weighted by Gasteiger charge is -2.23. The summed E-state index contributed by atoms with van der Waals surface area (Å²) in [6.07, 6.45) is 20.5. The van der Waals surface area contributed by atoms with E-state index in [4.69, 9.17) is 27.4 Å². The zero-order valence-corrected chi connectivity index (χ0v) is 41.5. The minimum atomic E-state index is -3.95. The van der Waals surface area contributed by atoms with Crippen LogP contribution in [0.3, 0.4) is 0 Å². The van der Waals surface area contributed by atoms with Gasteiger partial charge in [-0.3, -0.25) is 13.8 Å². The molecule has 2 heterocycles. The Bertz CT molecular complexity index is 1920. The summed E-state index contributed by atoms with van der Waals surface area (Å²) in [5, 5.41) is 11.3. The third-order valence-electron chi connectivity index (χ3n) is 11.7. The van der Waals surface area contributed by atoms with Gasteiger partial charge in [0.1, 0.15) is 17.8 Å². The first-order valence-electron chi connectivity index (χ1n) is 24.1. The molecule has 5 rings (SSSR count). The van der Waals surface area contributed by atoms with Crippen molar-refractivity contribution in [3.63, 3.8) is 0 Å². The second-order valence-electron chi connectivity index (χ2n) is 20.0. The van der Waals surface area contributed by atoms with Crippen molar-refractivity contribution >= 4 is 22.1 Å². The van der Waals surface area contributed by atoms with E-state index >= 15 is 0 Å². The van der Waals surface area contributed by atoms with Gasteiger partial charge in [-0.05, 0) is 98.2 Å². The second kappa shape index (κ2) is 27.2. The normalized spacial score (nSPS) is 16.4. The Morgan fingerprint density at radius 2 is 1.20 bits per heavy atom. The van der Waals surface area contributed by atoms with Crippen molar-refractivity contribution in [1.82, 2.24) is 25.6 Å². The van der Waals surface area contributed by atoms with E-state index in [0.29, 0.717) is 24.2 Å². The van der Waals surface area contributed by atoms with Gasteiger partial charge in [0.15, 0.2) is 11.6 Å². The topological polar surface area (TPSA) is 195 Å². The fourth-order valence-corrected chi connectivity index (χ4v) is 9.36. The molecule has 2 aromatic heterocycles. The number of aryl methyl sites for hydroxylation is 1. The maximum atomic E-state index is 12.5. The monoisotopic (exact) mass is 930 g/mol. The van der Waals surface area contributed by atoms with Crippen LogP contribution in [-0.4, -0.2) is 72.1 Å². The molecule has 0 aliphatic heterocycles. The molecular weight excluding hydrogens is 851 g/mol. The predicted molar refractivity (Wildman–Crippen MR) is 247 cm³/mol. The molecule has 1 aromatic carbocycles. The highest BCUT2D eigenvalue weighted by Crippen LogP contribution is 2.33. The van der Waals surface area contributed by atoms with Gasteiger partial charge in [0, 0.05) is 25.6 Å². The lowest BCUT2D eigenvalue weighted by molar-refractivity contribution is -0.156. The van der Waals surface area contributed by atoms with Crippen LogP contribution >= 0.6 is 0 Å². The number of esters is 2. The zero-order valence-electron chi connectivity index (χ0n) is 40.7. The molecule has 0 saturated heterocycles. The molecule has 0 amide bonds. The van der Waals surface area contributed by atoms with Crippen LogP contribution in [-0.2, 0) is 51.3 Å². The molecule has 2 saturated carbocycles. The molecule has 1 N–H and O–H groups in total. The van der Waals surface area contributed by atoms with E-state index in [0.717, 1.165) is 69.1 Å². The second-order valence-corrected chi connectivity index (χ2v) is 21.6. The lowest BCUT2D eigenvalue weighted by atomic mass is 9.84. The van der Waals surface area contributed by atoms with Crippen molar-refractivity contribution in [3.8, 4) is 0 Å². The first kappa shape index (κ1) is 53.9. The van der Waals surface area contributed by atoms with E-state index in [-0.39, 0.29) is 53.9 Å². The summed E-state index contributed by atoms with van der Waals surface area (Å²) >= 11 is 0. The van der Waals surface area contributed by atoms with Crippen LogP contribution < -0.4 is 5.32 Å². The van der Waals surface area contributed by atoms with E-state index in [2.05, 4.69) is 25.6 Å². The number of hydrogen-bond acceptors (Lipinski definition) is 15. The molecule has 2 atom stereocenters. The van der Waals surface area contributed by atoms with Crippen LogP contribution in [0.15, 0.2) is 38.2 Å². The maximum Gasteiger partial charge on any atom is 0.307 e. The summed E-state index contributed by atoms with van der Waals surface area (Å²) in [4.78, 5) is 34.0. The summed E-state index contributed by atoms with van der Waals surface area (Å²) < 4.78 is 57.1. The molecule has 366 valence electrons. The van der Waals surface area contributed by atoms with Gasteiger partial charge in [-0.15, -0.1) is 0 Å². The van der Waals surface area contributed by atoms with E-state index in [9.17, 15) is 18.0 Å². The van der Waals surface area contributed by atoms with Crippen molar-refractivity contribution in [3.05, 3.63) is 53.3 Å². The summed E-state index contributed by atoms with van der Waals surface area (Å²) in [5.74, 6) is 2.28. The Morgan fingerprint density at radius 3 is 1.68 bits per heavy atom. The zero-order chi connectivity index (χ0) is 47.3. The molecule has 2 aliphatic rings. The number of nitrogens with one attached hydrogen (secondary N) is 1. The third-order valence-corrected chi connectivity index (χ3v) is 13.0. The molecule has 2 aliphatic carbocycles. The van der Waals surface area contributed by atoms with Crippen LogP contribution in [0.5, 0.6) is 0 Å². The van der Waals surface area contributed by atoms with Crippen LogP contribution in [0.2, 0.25) is 0 Å². The summed E-state index contributed by atoms with van der Waals surface area (Å²) in [6, 6.07) is 6.40. The van der Waals surface area contributed by atoms with Crippen LogP contribution in [0, 0.1) is 18.8 Å². The van der Waals surface area contributed by atoms with Gasteiger partial charge in [-0.1, -0.05) is 118 Å². The Balaban J connectivity index is 0.000000288. The number of rotatable bonds is 24. The minimum absolute atomic E-state index is 0.0670. The Morgan fingerprint density at radius 1 is 0.723 bits per heavy atom. The van der Waals surface area contributed by atoms with Crippen LogP contribution in [0.1, 0.15) is 204 Å². The average molecular weight is 930 g/mol. The van der Waals surface area contributed by atoms with Crippen LogP contribution in [0.4, 0.5) is 0 Å². The lowest BCUT2D eigenvalue weighted by Crippen LogP contribution is -2.25. The van der Waals surface area contributed by atoms with Crippen molar-refractivity contribution in [1.29, 1.82) is 0 Å².